The molecule has 0 bridgehead atoms. The van der Waals surface area contributed by atoms with Crippen LogP contribution in [0.25, 0.3) is 66.6 Å². The summed E-state index contributed by atoms with van der Waals surface area (Å²) in [7, 11) is 0. The van der Waals surface area contributed by atoms with E-state index >= 15 is 0 Å². The Labute approximate surface area is 341 Å². The SMILES string of the molecule is C=N/C(=C(/C)C(=C)c1cccc(-c2ccccc2)c1)c1ccccc1C1CCC1.CC.CCC.CCCC1=CCC=c2c3ccccc3c3cccc4oc1c2c43. The molecular formula is C55H59NO. The molecule has 0 saturated heterocycles. The van der Waals surface area contributed by atoms with E-state index in [4.69, 9.17) is 4.42 Å². The standard InChI is InChI=1S/C28H27N.C22H18O.C3H8.C2H6/c1-20(24-15-10-16-25(19-24)22-11-5-4-6-12-22)21(2)28(29-3)27-18-8-7-17-26(27)23-13-9-14-23;1-2-7-14-8-5-11-18-16-10-4-3-9-15(16)17-12-6-13-19-20(17)21(18)22(14)23-19;1-3-2;1-2/h4-8,10-12,15-19,23H,1,3,9,13-14H2,2H3;3-4,6,8-13H,2,5,7H2,1H3;3H2,1-2H3;1-2H3/b28-21-;;;. The summed E-state index contributed by atoms with van der Waals surface area (Å²) < 4.78 is 6.35. The Balaban J connectivity index is 0.000000176. The highest BCUT2D eigenvalue weighted by molar-refractivity contribution is 6.22. The van der Waals surface area contributed by atoms with Gasteiger partial charge in [0, 0.05) is 16.3 Å². The molecule has 0 aliphatic heterocycles. The van der Waals surface area contributed by atoms with Crippen molar-refractivity contribution in [3.8, 4) is 11.1 Å². The molecule has 0 unspecified atom stereocenters. The van der Waals surface area contributed by atoms with Gasteiger partial charge in [-0.3, -0.25) is 4.99 Å². The van der Waals surface area contributed by atoms with Gasteiger partial charge in [-0.05, 0) is 118 Å². The van der Waals surface area contributed by atoms with Crippen LogP contribution in [0.1, 0.15) is 115 Å². The molecule has 6 aromatic carbocycles. The Hall–Kier alpha value is -5.73. The fourth-order valence-corrected chi connectivity index (χ4v) is 8.12. The van der Waals surface area contributed by atoms with Crippen molar-refractivity contribution in [1.29, 1.82) is 0 Å². The summed E-state index contributed by atoms with van der Waals surface area (Å²) in [6.07, 6.45) is 13.0. The monoisotopic (exact) mass is 749 g/mol. The first-order valence-corrected chi connectivity index (χ1v) is 21.2. The van der Waals surface area contributed by atoms with Gasteiger partial charge in [-0.25, -0.2) is 0 Å². The van der Waals surface area contributed by atoms with E-state index in [2.05, 4.69) is 173 Å². The molecule has 1 aromatic heterocycles. The van der Waals surface area contributed by atoms with Crippen LogP contribution in [-0.4, -0.2) is 6.72 Å². The summed E-state index contributed by atoms with van der Waals surface area (Å²) in [5.74, 6) is 1.73. The van der Waals surface area contributed by atoms with Crippen molar-refractivity contribution in [2.24, 2.45) is 4.99 Å². The molecule has 290 valence electrons. The largest absolute Gasteiger partial charge is 0.456 e. The predicted octanol–water partition coefficient (Wildman–Crippen LogP) is 16.0. The van der Waals surface area contributed by atoms with Crippen molar-refractivity contribution in [3.05, 3.63) is 167 Å². The minimum atomic E-state index is 0.644. The van der Waals surface area contributed by atoms with Crippen LogP contribution in [0.5, 0.6) is 0 Å². The number of hydrogen-bond donors (Lipinski definition) is 0. The molecule has 2 aliphatic carbocycles. The number of rotatable bonds is 8. The number of nitrogens with zero attached hydrogens (tertiary/aromatic N) is 1. The summed E-state index contributed by atoms with van der Waals surface area (Å²) in [6.45, 7) is 20.9. The third-order valence-electron chi connectivity index (χ3n) is 11.0. The highest BCUT2D eigenvalue weighted by Crippen LogP contribution is 2.42. The van der Waals surface area contributed by atoms with Gasteiger partial charge in [0.1, 0.15) is 11.3 Å². The lowest BCUT2D eigenvalue weighted by molar-refractivity contribution is 0.419. The molecule has 0 amide bonds. The number of furan rings is 1. The minimum Gasteiger partial charge on any atom is -0.456 e. The number of hydrogen-bond acceptors (Lipinski definition) is 2. The highest BCUT2D eigenvalue weighted by atomic mass is 16.3. The third-order valence-corrected chi connectivity index (χ3v) is 11.0. The molecule has 2 heteroatoms. The van der Waals surface area contributed by atoms with E-state index in [1.165, 1.54) is 85.7 Å². The average Bonchev–Trinajstić information content (AvgIpc) is 3.54. The number of allylic oxidation sites excluding steroid dienone is 4. The molecule has 2 aliphatic rings. The van der Waals surface area contributed by atoms with Gasteiger partial charge < -0.3 is 4.42 Å². The maximum atomic E-state index is 6.35. The van der Waals surface area contributed by atoms with Gasteiger partial charge in [-0.15, -0.1) is 0 Å². The molecule has 0 N–H and O–H groups in total. The first-order chi connectivity index (χ1) is 28.0. The summed E-state index contributed by atoms with van der Waals surface area (Å²) in [6, 6.07) is 42.8. The van der Waals surface area contributed by atoms with Gasteiger partial charge in [-0.1, -0.05) is 182 Å². The molecule has 1 saturated carbocycles. The zero-order chi connectivity index (χ0) is 40.3. The van der Waals surface area contributed by atoms with Crippen LogP contribution in [0.2, 0.25) is 0 Å². The van der Waals surface area contributed by atoms with Crippen molar-refractivity contribution >= 4 is 62.2 Å². The Morgan fingerprint density at radius 3 is 2.07 bits per heavy atom. The molecule has 1 fully saturated rings. The Kier molecular flexibility index (Phi) is 13.9. The van der Waals surface area contributed by atoms with Crippen LogP contribution in [0.3, 0.4) is 0 Å². The van der Waals surface area contributed by atoms with Crippen LogP contribution in [0, 0.1) is 0 Å². The van der Waals surface area contributed by atoms with Gasteiger partial charge >= 0.3 is 0 Å². The Morgan fingerprint density at radius 1 is 0.719 bits per heavy atom. The van der Waals surface area contributed by atoms with Gasteiger partial charge in [0.15, 0.2) is 0 Å². The van der Waals surface area contributed by atoms with Crippen LogP contribution >= 0.6 is 0 Å². The lowest BCUT2D eigenvalue weighted by Crippen LogP contribution is -2.11. The van der Waals surface area contributed by atoms with E-state index in [1.807, 2.05) is 19.9 Å². The normalized spacial score (nSPS) is 13.6. The molecule has 0 spiro atoms. The summed E-state index contributed by atoms with van der Waals surface area (Å²) in [4.78, 5) is 4.46. The van der Waals surface area contributed by atoms with E-state index in [1.54, 1.807) is 0 Å². The second-order valence-corrected chi connectivity index (χ2v) is 14.8. The van der Waals surface area contributed by atoms with E-state index in [-0.39, 0.29) is 0 Å². The van der Waals surface area contributed by atoms with E-state index in [0.29, 0.717) is 5.92 Å². The first-order valence-electron chi connectivity index (χ1n) is 21.2. The smallest absolute Gasteiger partial charge is 0.138 e. The average molecular weight is 750 g/mol. The van der Waals surface area contributed by atoms with Crippen LogP contribution in [-0.2, 0) is 0 Å². The van der Waals surface area contributed by atoms with E-state index in [0.717, 1.165) is 53.0 Å². The Bertz CT molecular complexity index is 2590. The Morgan fingerprint density at radius 2 is 1.37 bits per heavy atom. The van der Waals surface area contributed by atoms with Crippen LogP contribution < -0.4 is 5.22 Å². The van der Waals surface area contributed by atoms with Gasteiger partial charge in [0.25, 0.3) is 0 Å². The predicted molar refractivity (Wildman–Crippen MR) is 252 cm³/mol. The topological polar surface area (TPSA) is 25.5 Å². The van der Waals surface area contributed by atoms with Gasteiger partial charge in [0.05, 0.1) is 5.70 Å². The number of fused-ring (bicyclic) bond motifs is 3. The maximum absolute atomic E-state index is 6.35. The highest BCUT2D eigenvalue weighted by Gasteiger charge is 2.24. The fraction of sp³-hybridized carbons (Fsp3) is 0.255. The van der Waals surface area contributed by atoms with E-state index < -0.39 is 0 Å². The maximum Gasteiger partial charge on any atom is 0.138 e. The second kappa shape index (κ2) is 19.4. The zero-order valence-electron chi connectivity index (χ0n) is 35.0. The molecule has 1 heterocycles. The third kappa shape index (κ3) is 8.52. The van der Waals surface area contributed by atoms with Crippen molar-refractivity contribution in [2.45, 2.75) is 92.4 Å². The summed E-state index contributed by atoms with van der Waals surface area (Å²) in [5, 5.41) is 7.90. The first kappa shape index (κ1) is 40.9. The van der Waals surface area contributed by atoms with Crippen LogP contribution in [0.4, 0.5) is 0 Å². The minimum absolute atomic E-state index is 0.644. The van der Waals surface area contributed by atoms with Crippen molar-refractivity contribution in [3.63, 3.8) is 0 Å². The van der Waals surface area contributed by atoms with Gasteiger partial charge in [-0.2, -0.15) is 0 Å². The molecule has 0 atom stereocenters. The zero-order valence-corrected chi connectivity index (χ0v) is 35.0. The van der Waals surface area contributed by atoms with Crippen molar-refractivity contribution in [2.75, 3.05) is 0 Å². The molecule has 0 radical (unpaired) electrons. The molecule has 9 rings (SSSR count). The molecular weight excluding hydrogens is 691 g/mol. The number of aliphatic imine (C=N–C) groups is 1. The summed E-state index contributed by atoms with van der Waals surface area (Å²) >= 11 is 0. The number of benzene rings is 6. The van der Waals surface area contributed by atoms with Crippen molar-refractivity contribution in [1.82, 2.24) is 0 Å². The lowest BCUT2D eigenvalue weighted by Gasteiger charge is -2.28. The lowest BCUT2D eigenvalue weighted by atomic mass is 9.77. The quantitative estimate of drug-likeness (QED) is 0.0863. The second-order valence-electron chi connectivity index (χ2n) is 14.8. The fourth-order valence-electron chi connectivity index (χ4n) is 8.12. The van der Waals surface area contributed by atoms with E-state index in [9.17, 15) is 0 Å². The molecule has 7 aromatic rings. The summed E-state index contributed by atoms with van der Waals surface area (Å²) in [5.41, 5.74) is 11.5. The van der Waals surface area contributed by atoms with Gasteiger partial charge in [0.2, 0.25) is 0 Å². The van der Waals surface area contributed by atoms with Crippen molar-refractivity contribution < 1.29 is 4.42 Å². The molecule has 57 heavy (non-hydrogen) atoms. The van der Waals surface area contributed by atoms with Crippen LogP contribution in [0.15, 0.2) is 149 Å². The molecule has 2 nitrogen and oxygen atoms in total.